The van der Waals surface area contributed by atoms with Gasteiger partial charge in [0.25, 0.3) is 0 Å². The summed E-state index contributed by atoms with van der Waals surface area (Å²) in [5.74, 6) is 1.56. The first-order valence-electron chi connectivity index (χ1n) is 9.56. The van der Waals surface area contributed by atoms with Gasteiger partial charge >= 0.3 is 0 Å². The molecule has 0 amide bonds. The molecule has 152 valence electrons. The molecule has 1 aromatic heterocycles. The summed E-state index contributed by atoms with van der Waals surface area (Å²) in [4.78, 5) is 9.69. The maximum Gasteiger partial charge on any atom is 0.132 e. The minimum Gasteiger partial charge on any atom is -0.497 e. The van der Waals surface area contributed by atoms with Gasteiger partial charge in [0.1, 0.15) is 16.5 Å². The van der Waals surface area contributed by atoms with Crippen LogP contribution in [0.4, 0.5) is 5.69 Å². The number of piperazine rings is 1. The Kier molecular flexibility index (Phi) is 6.23. The second-order valence-corrected chi connectivity index (χ2v) is 8.25. The Hall–Kier alpha value is -2.28. The molecule has 0 saturated carbocycles. The smallest absolute Gasteiger partial charge is 0.132 e. The highest BCUT2D eigenvalue weighted by Gasteiger charge is 2.19. The number of anilines is 1. The van der Waals surface area contributed by atoms with Crippen molar-refractivity contribution in [2.75, 3.05) is 45.3 Å². The van der Waals surface area contributed by atoms with E-state index in [1.165, 1.54) is 5.69 Å². The van der Waals surface area contributed by atoms with Gasteiger partial charge in [-0.3, -0.25) is 4.90 Å². The highest BCUT2D eigenvalue weighted by atomic mass is 35.5. The zero-order chi connectivity index (χ0) is 20.2. The van der Waals surface area contributed by atoms with E-state index >= 15 is 0 Å². The van der Waals surface area contributed by atoms with E-state index in [9.17, 15) is 0 Å². The standard InChI is InChI=1S/C22H24ClN3O2S/c1-27-19-6-7-20(21(13-19)28-2)22-24-17(15-29-22)14-25-8-10-26(11-9-25)18-5-3-4-16(23)12-18/h3-7,12-13,15H,8-11,14H2,1-2H3. The van der Waals surface area contributed by atoms with Crippen molar-refractivity contribution in [3.63, 3.8) is 0 Å². The third-order valence-electron chi connectivity index (χ3n) is 5.12. The molecule has 7 heteroatoms. The van der Waals surface area contributed by atoms with Gasteiger partial charge in [-0.2, -0.15) is 0 Å². The first-order chi connectivity index (χ1) is 14.2. The lowest BCUT2D eigenvalue weighted by Gasteiger charge is -2.35. The molecule has 3 aromatic rings. The van der Waals surface area contributed by atoms with Crippen molar-refractivity contribution in [1.29, 1.82) is 0 Å². The van der Waals surface area contributed by atoms with E-state index in [1.54, 1.807) is 25.6 Å². The summed E-state index contributed by atoms with van der Waals surface area (Å²) >= 11 is 7.78. The van der Waals surface area contributed by atoms with Crippen LogP contribution in [0.15, 0.2) is 47.8 Å². The normalized spacial score (nSPS) is 14.8. The van der Waals surface area contributed by atoms with Crippen LogP contribution in [0.2, 0.25) is 5.02 Å². The number of hydrogen-bond acceptors (Lipinski definition) is 6. The first kappa shape index (κ1) is 20.0. The molecular formula is C22H24ClN3O2S. The van der Waals surface area contributed by atoms with Crippen molar-refractivity contribution in [1.82, 2.24) is 9.88 Å². The van der Waals surface area contributed by atoms with Crippen molar-refractivity contribution in [3.05, 3.63) is 58.6 Å². The summed E-state index contributed by atoms with van der Waals surface area (Å²) in [5.41, 5.74) is 3.29. The van der Waals surface area contributed by atoms with Crippen molar-refractivity contribution < 1.29 is 9.47 Å². The van der Waals surface area contributed by atoms with Crippen LogP contribution >= 0.6 is 22.9 Å². The molecular weight excluding hydrogens is 406 g/mol. The molecule has 0 unspecified atom stereocenters. The second-order valence-electron chi connectivity index (χ2n) is 6.95. The van der Waals surface area contributed by atoms with Crippen molar-refractivity contribution >= 4 is 28.6 Å². The van der Waals surface area contributed by atoms with E-state index in [4.69, 9.17) is 26.1 Å². The maximum atomic E-state index is 6.13. The summed E-state index contributed by atoms with van der Waals surface area (Å²) in [5, 5.41) is 3.90. The average molecular weight is 430 g/mol. The molecule has 0 atom stereocenters. The lowest BCUT2D eigenvalue weighted by Crippen LogP contribution is -2.46. The van der Waals surface area contributed by atoms with Crippen LogP contribution in [0.1, 0.15) is 5.69 Å². The predicted octanol–water partition coefficient (Wildman–Crippen LogP) is 4.80. The van der Waals surface area contributed by atoms with Gasteiger partial charge in [-0.15, -0.1) is 11.3 Å². The Balaban J connectivity index is 1.39. The Labute approximate surface area is 180 Å². The molecule has 0 aliphatic carbocycles. The molecule has 1 aliphatic heterocycles. The summed E-state index contributed by atoms with van der Waals surface area (Å²) in [7, 11) is 3.33. The number of nitrogens with zero attached hydrogens (tertiary/aromatic N) is 3. The minimum atomic E-state index is 0.778. The third-order valence-corrected chi connectivity index (χ3v) is 6.28. The number of methoxy groups -OCH3 is 2. The van der Waals surface area contributed by atoms with Crippen LogP contribution in [-0.4, -0.2) is 50.3 Å². The van der Waals surface area contributed by atoms with Gasteiger partial charge in [0.15, 0.2) is 0 Å². The zero-order valence-electron chi connectivity index (χ0n) is 16.6. The molecule has 4 rings (SSSR count). The number of ether oxygens (including phenoxy) is 2. The van der Waals surface area contributed by atoms with E-state index in [0.717, 1.165) is 65.5 Å². The number of halogens is 1. The number of aromatic nitrogens is 1. The Bertz CT molecular complexity index is 970. The summed E-state index contributed by atoms with van der Waals surface area (Å²) in [6.45, 7) is 4.85. The van der Waals surface area contributed by atoms with E-state index in [0.29, 0.717) is 0 Å². The zero-order valence-corrected chi connectivity index (χ0v) is 18.2. The highest BCUT2D eigenvalue weighted by Crippen LogP contribution is 2.35. The monoisotopic (exact) mass is 429 g/mol. The topological polar surface area (TPSA) is 37.8 Å². The lowest BCUT2D eigenvalue weighted by atomic mass is 10.2. The summed E-state index contributed by atoms with van der Waals surface area (Å²) in [6, 6.07) is 13.9. The van der Waals surface area contributed by atoms with Crippen LogP contribution in [0, 0.1) is 0 Å². The molecule has 1 fully saturated rings. The minimum absolute atomic E-state index is 0.778. The first-order valence-corrected chi connectivity index (χ1v) is 10.8. The molecule has 0 spiro atoms. The Morgan fingerprint density at radius 3 is 2.59 bits per heavy atom. The Morgan fingerprint density at radius 1 is 1.03 bits per heavy atom. The molecule has 0 N–H and O–H groups in total. The van der Waals surface area contributed by atoms with E-state index in [1.807, 2.05) is 36.4 Å². The number of thiazole rings is 1. The number of benzene rings is 2. The highest BCUT2D eigenvalue weighted by molar-refractivity contribution is 7.13. The molecule has 1 saturated heterocycles. The quantitative estimate of drug-likeness (QED) is 0.562. The van der Waals surface area contributed by atoms with Gasteiger partial charge < -0.3 is 14.4 Å². The van der Waals surface area contributed by atoms with Crippen LogP contribution in [0.5, 0.6) is 11.5 Å². The van der Waals surface area contributed by atoms with E-state index < -0.39 is 0 Å². The van der Waals surface area contributed by atoms with Crippen molar-refractivity contribution in [2.45, 2.75) is 6.54 Å². The Morgan fingerprint density at radius 2 is 1.86 bits per heavy atom. The van der Waals surface area contributed by atoms with Gasteiger partial charge in [-0.1, -0.05) is 17.7 Å². The summed E-state index contributed by atoms with van der Waals surface area (Å²) < 4.78 is 10.8. The second kappa shape index (κ2) is 9.03. The fourth-order valence-electron chi connectivity index (χ4n) is 3.54. The van der Waals surface area contributed by atoms with Gasteiger partial charge in [0.2, 0.25) is 0 Å². The largest absolute Gasteiger partial charge is 0.497 e. The molecule has 2 aromatic carbocycles. The van der Waals surface area contributed by atoms with Crippen LogP contribution in [0.25, 0.3) is 10.6 Å². The van der Waals surface area contributed by atoms with Crippen LogP contribution < -0.4 is 14.4 Å². The molecule has 0 radical (unpaired) electrons. The number of rotatable bonds is 6. The fraction of sp³-hybridized carbons (Fsp3) is 0.318. The number of hydrogen-bond donors (Lipinski definition) is 0. The SMILES string of the molecule is COc1ccc(-c2nc(CN3CCN(c4cccc(Cl)c4)CC3)cs2)c(OC)c1. The van der Waals surface area contributed by atoms with Gasteiger partial charge in [0, 0.05) is 54.9 Å². The van der Waals surface area contributed by atoms with Gasteiger partial charge in [0.05, 0.1) is 25.5 Å². The predicted molar refractivity (Wildman–Crippen MR) is 120 cm³/mol. The molecule has 1 aliphatic rings. The summed E-state index contributed by atoms with van der Waals surface area (Å²) in [6.07, 6.45) is 0. The van der Waals surface area contributed by atoms with Gasteiger partial charge in [-0.05, 0) is 30.3 Å². The third kappa shape index (κ3) is 4.66. The van der Waals surface area contributed by atoms with Crippen LogP contribution in [0.3, 0.4) is 0 Å². The van der Waals surface area contributed by atoms with E-state index in [2.05, 4.69) is 21.2 Å². The van der Waals surface area contributed by atoms with Crippen molar-refractivity contribution in [2.24, 2.45) is 0 Å². The van der Waals surface area contributed by atoms with E-state index in [-0.39, 0.29) is 0 Å². The maximum absolute atomic E-state index is 6.13. The average Bonchev–Trinajstić information content (AvgIpc) is 3.22. The van der Waals surface area contributed by atoms with Gasteiger partial charge in [-0.25, -0.2) is 4.98 Å². The molecule has 2 heterocycles. The van der Waals surface area contributed by atoms with Crippen LogP contribution in [-0.2, 0) is 6.54 Å². The lowest BCUT2D eigenvalue weighted by molar-refractivity contribution is 0.247. The fourth-order valence-corrected chi connectivity index (χ4v) is 4.57. The molecule has 29 heavy (non-hydrogen) atoms. The van der Waals surface area contributed by atoms with Crippen molar-refractivity contribution in [3.8, 4) is 22.1 Å². The molecule has 5 nitrogen and oxygen atoms in total. The molecule has 0 bridgehead atoms.